The first kappa shape index (κ1) is 14.4. The zero-order chi connectivity index (χ0) is 16.5. The third-order valence-electron chi connectivity index (χ3n) is 3.91. The molecule has 2 aromatic heterocycles. The van der Waals surface area contributed by atoms with Gasteiger partial charge in [0.05, 0.1) is 17.2 Å². The van der Waals surface area contributed by atoms with E-state index in [2.05, 4.69) is 39.7 Å². The molecule has 24 heavy (non-hydrogen) atoms. The van der Waals surface area contributed by atoms with Crippen LogP contribution in [-0.2, 0) is 7.05 Å². The Labute approximate surface area is 139 Å². The number of hydrogen-bond donors (Lipinski definition) is 0. The molecule has 0 aliphatic carbocycles. The van der Waals surface area contributed by atoms with E-state index in [1.807, 2.05) is 31.3 Å². The molecule has 0 fully saturated rings. The Hall–Kier alpha value is -3.21. The topological polar surface area (TPSA) is 52.8 Å². The van der Waals surface area contributed by atoms with Crippen molar-refractivity contribution in [2.24, 2.45) is 7.05 Å². The number of rotatable bonds is 3. The monoisotopic (exact) mass is 316 g/mol. The molecule has 0 aliphatic rings. The molecule has 0 saturated heterocycles. The van der Waals surface area contributed by atoms with Gasteiger partial charge in [-0.05, 0) is 48.9 Å². The molecule has 4 aromatic rings. The lowest BCUT2D eigenvalue weighted by Crippen LogP contribution is -1.93. The first-order chi connectivity index (χ1) is 11.7. The van der Waals surface area contributed by atoms with Gasteiger partial charge >= 0.3 is 0 Å². The van der Waals surface area contributed by atoms with Gasteiger partial charge in [-0.1, -0.05) is 6.07 Å². The van der Waals surface area contributed by atoms with Crippen molar-refractivity contribution >= 4 is 11.0 Å². The van der Waals surface area contributed by atoms with Gasteiger partial charge in [0.25, 0.3) is 0 Å². The molecule has 118 valence electrons. The highest BCUT2D eigenvalue weighted by molar-refractivity contribution is 5.81. The van der Waals surface area contributed by atoms with Crippen LogP contribution >= 0.6 is 0 Å². The van der Waals surface area contributed by atoms with Crippen LogP contribution in [0.1, 0.15) is 5.56 Å². The van der Waals surface area contributed by atoms with Crippen LogP contribution in [0, 0.1) is 6.92 Å². The molecular formula is C19H16N4O. The van der Waals surface area contributed by atoms with Crippen LogP contribution in [0.15, 0.2) is 61.1 Å². The van der Waals surface area contributed by atoms with Gasteiger partial charge in [0.15, 0.2) is 0 Å². The number of aromatic nitrogens is 4. The standard InChI is InChI=1S/C19H16N4O/c1-13-3-8-17-16(11-13)22-19(23(17)2)14-4-6-15(7-5-14)24-18-12-20-9-10-21-18/h3-12H,1-2H3. The molecule has 2 aromatic carbocycles. The van der Waals surface area contributed by atoms with Gasteiger partial charge in [0, 0.05) is 25.0 Å². The quantitative estimate of drug-likeness (QED) is 0.570. The minimum Gasteiger partial charge on any atom is -0.438 e. The van der Waals surface area contributed by atoms with Crippen LogP contribution in [0.4, 0.5) is 0 Å². The van der Waals surface area contributed by atoms with Gasteiger partial charge in [0.2, 0.25) is 5.88 Å². The smallest absolute Gasteiger partial charge is 0.237 e. The molecule has 5 nitrogen and oxygen atoms in total. The lowest BCUT2D eigenvalue weighted by molar-refractivity contribution is 0.460. The van der Waals surface area contributed by atoms with Crippen molar-refractivity contribution in [2.45, 2.75) is 6.92 Å². The Morgan fingerprint density at radius 2 is 1.83 bits per heavy atom. The number of aryl methyl sites for hydroxylation is 2. The molecule has 2 heterocycles. The molecule has 0 amide bonds. The van der Waals surface area contributed by atoms with E-state index in [1.165, 1.54) is 5.56 Å². The molecular weight excluding hydrogens is 300 g/mol. The summed E-state index contributed by atoms with van der Waals surface area (Å²) in [6, 6.07) is 14.1. The molecule has 0 unspecified atom stereocenters. The fourth-order valence-electron chi connectivity index (χ4n) is 2.70. The van der Waals surface area contributed by atoms with E-state index in [0.717, 1.165) is 22.4 Å². The fourth-order valence-corrected chi connectivity index (χ4v) is 2.70. The maximum atomic E-state index is 5.67. The molecule has 0 atom stereocenters. The highest BCUT2D eigenvalue weighted by atomic mass is 16.5. The third-order valence-corrected chi connectivity index (χ3v) is 3.91. The summed E-state index contributed by atoms with van der Waals surface area (Å²) in [5, 5.41) is 0. The molecule has 0 radical (unpaired) electrons. The summed E-state index contributed by atoms with van der Waals surface area (Å²) in [4.78, 5) is 12.8. The SMILES string of the molecule is Cc1ccc2c(c1)nc(-c1ccc(Oc3cnccn3)cc1)n2C. The van der Waals surface area contributed by atoms with Gasteiger partial charge in [-0.25, -0.2) is 9.97 Å². The van der Waals surface area contributed by atoms with Gasteiger partial charge in [-0.3, -0.25) is 4.98 Å². The van der Waals surface area contributed by atoms with Crippen molar-refractivity contribution in [3.8, 4) is 23.0 Å². The fraction of sp³-hybridized carbons (Fsp3) is 0.105. The Kier molecular flexibility index (Phi) is 3.46. The molecule has 0 spiro atoms. The number of ether oxygens (including phenoxy) is 1. The zero-order valence-corrected chi connectivity index (χ0v) is 13.5. The van der Waals surface area contributed by atoms with Crippen LogP contribution in [0.25, 0.3) is 22.4 Å². The lowest BCUT2D eigenvalue weighted by atomic mass is 10.2. The van der Waals surface area contributed by atoms with Gasteiger partial charge in [0.1, 0.15) is 11.6 Å². The Morgan fingerprint density at radius 1 is 1.00 bits per heavy atom. The van der Waals surface area contributed by atoms with E-state index >= 15 is 0 Å². The number of imidazole rings is 1. The average Bonchev–Trinajstić information content (AvgIpc) is 2.92. The molecule has 4 rings (SSSR count). The summed E-state index contributed by atoms with van der Waals surface area (Å²) < 4.78 is 7.78. The molecule has 0 aliphatic heterocycles. The van der Waals surface area contributed by atoms with Crippen molar-refractivity contribution in [1.29, 1.82) is 0 Å². The summed E-state index contributed by atoms with van der Waals surface area (Å²) in [5.41, 5.74) is 4.38. The second kappa shape index (κ2) is 5.77. The summed E-state index contributed by atoms with van der Waals surface area (Å²) >= 11 is 0. The first-order valence-corrected chi connectivity index (χ1v) is 7.68. The predicted molar refractivity (Wildman–Crippen MR) is 93.0 cm³/mol. The van der Waals surface area contributed by atoms with E-state index in [4.69, 9.17) is 9.72 Å². The van der Waals surface area contributed by atoms with Gasteiger partial charge < -0.3 is 9.30 Å². The lowest BCUT2D eigenvalue weighted by Gasteiger charge is -2.06. The number of fused-ring (bicyclic) bond motifs is 1. The molecule has 5 heteroatoms. The summed E-state index contributed by atoms with van der Waals surface area (Å²) in [5.74, 6) is 2.12. The van der Waals surface area contributed by atoms with E-state index in [-0.39, 0.29) is 0 Å². The second-order valence-corrected chi connectivity index (χ2v) is 5.66. The van der Waals surface area contributed by atoms with Crippen LogP contribution < -0.4 is 4.74 Å². The number of nitrogens with zero attached hydrogens (tertiary/aromatic N) is 4. The number of hydrogen-bond acceptors (Lipinski definition) is 4. The van der Waals surface area contributed by atoms with Crippen molar-refractivity contribution in [1.82, 2.24) is 19.5 Å². The average molecular weight is 316 g/mol. The zero-order valence-electron chi connectivity index (χ0n) is 13.5. The van der Waals surface area contributed by atoms with E-state index in [0.29, 0.717) is 11.6 Å². The number of benzene rings is 2. The Morgan fingerprint density at radius 3 is 2.58 bits per heavy atom. The second-order valence-electron chi connectivity index (χ2n) is 5.66. The van der Waals surface area contributed by atoms with E-state index in [9.17, 15) is 0 Å². The van der Waals surface area contributed by atoms with E-state index < -0.39 is 0 Å². The van der Waals surface area contributed by atoms with Crippen molar-refractivity contribution in [3.63, 3.8) is 0 Å². The minimum atomic E-state index is 0.475. The summed E-state index contributed by atoms with van der Waals surface area (Å²) in [7, 11) is 2.03. The summed E-state index contributed by atoms with van der Waals surface area (Å²) in [6.07, 6.45) is 4.80. The predicted octanol–water partition coefficient (Wildman–Crippen LogP) is 4.13. The first-order valence-electron chi connectivity index (χ1n) is 7.68. The highest BCUT2D eigenvalue weighted by Gasteiger charge is 2.10. The van der Waals surface area contributed by atoms with Crippen molar-refractivity contribution in [2.75, 3.05) is 0 Å². The molecule has 0 N–H and O–H groups in total. The maximum absolute atomic E-state index is 5.67. The Bertz CT molecular complexity index is 991. The largest absolute Gasteiger partial charge is 0.438 e. The van der Waals surface area contributed by atoms with Gasteiger partial charge in [-0.2, -0.15) is 0 Å². The summed E-state index contributed by atoms with van der Waals surface area (Å²) in [6.45, 7) is 2.08. The third kappa shape index (κ3) is 2.60. The minimum absolute atomic E-state index is 0.475. The Balaban J connectivity index is 1.66. The normalized spacial score (nSPS) is 10.9. The van der Waals surface area contributed by atoms with Crippen LogP contribution in [-0.4, -0.2) is 19.5 Å². The van der Waals surface area contributed by atoms with Crippen molar-refractivity contribution in [3.05, 3.63) is 66.6 Å². The highest BCUT2D eigenvalue weighted by Crippen LogP contribution is 2.27. The van der Waals surface area contributed by atoms with Crippen LogP contribution in [0.2, 0.25) is 0 Å². The molecule has 0 bridgehead atoms. The molecule has 0 saturated carbocycles. The maximum Gasteiger partial charge on any atom is 0.237 e. The van der Waals surface area contributed by atoms with Crippen molar-refractivity contribution < 1.29 is 4.74 Å². The van der Waals surface area contributed by atoms with Crippen LogP contribution in [0.5, 0.6) is 11.6 Å². The van der Waals surface area contributed by atoms with E-state index in [1.54, 1.807) is 18.6 Å². The van der Waals surface area contributed by atoms with Gasteiger partial charge in [-0.15, -0.1) is 0 Å². The van der Waals surface area contributed by atoms with Crippen LogP contribution in [0.3, 0.4) is 0 Å².